The second-order valence-corrected chi connectivity index (χ2v) is 6.78. The lowest BCUT2D eigenvalue weighted by Gasteiger charge is -2.05. The van der Waals surface area contributed by atoms with Crippen molar-refractivity contribution in [2.75, 3.05) is 6.61 Å². The molecule has 0 saturated carbocycles. The largest absolute Gasteiger partial charge is 0.484 e. The van der Waals surface area contributed by atoms with Crippen LogP contribution in [0.5, 0.6) is 11.5 Å². The van der Waals surface area contributed by atoms with Gasteiger partial charge in [0.2, 0.25) is 0 Å². The van der Waals surface area contributed by atoms with E-state index in [2.05, 4.69) is 26.5 Å². The maximum absolute atomic E-state index is 12.0. The number of halogens is 1. The quantitative estimate of drug-likeness (QED) is 0.252. The van der Waals surface area contributed by atoms with E-state index in [0.717, 1.165) is 10.0 Å². The number of amides is 1. The summed E-state index contributed by atoms with van der Waals surface area (Å²) in [5, 5.41) is 3.89. The van der Waals surface area contributed by atoms with E-state index < -0.39 is 5.97 Å². The third-order valence-electron chi connectivity index (χ3n) is 3.69. The van der Waals surface area contributed by atoms with Crippen molar-refractivity contribution in [1.82, 2.24) is 5.43 Å². The van der Waals surface area contributed by atoms with Crippen molar-refractivity contribution in [2.45, 2.75) is 0 Å². The van der Waals surface area contributed by atoms with E-state index in [1.807, 2.05) is 18.2 Å². The maximum Gasteiger partial charge on any atom is 0.343 e. The first kappa shape index (κ1) is 20.3. The van der Waals surface area contributed by atoms with Crippen LogP contribution in [-0.2, 0) is 4.79 Å². The Kier molecular flexibility index (Phi) is 7.13. The van der Waals surface area contributed by atoms with Gasteiger partial charge in [-0.15, -0.1) is 0 Å². The summed E-state index contributed by atoms with van der Waals surface area (Å²) in [5.74, 6) is 0.207. The molecule has 7 heteroatoms. The van der Waals surface area contributed by atoms with Crippen LogP contribution in [0.1, 0.15) is 15.9 Å². The summed E-state index contributed by atoms with van der Waals surface area (Å²) in [5.41, 5.74) is 3.60. The molecule has 0 aliphatic carbocycles. The second-order valence-electron chi connectivity index (χ2n) is 5.86. The molecule has 29 heavy (non-hydrogen) atoms. The number of hydrogen-bond donors (Lipinski definition) is 1. The van der Waals surface area contributed by atoms with E-state index >= 15 is 0 Å². The highest BCUT2D eigenvalue weighted by atomic mass is 79.9. The lowest BCUT2D eigenvalue weighted by Crippen LogP contribution is -2.24. The van der Waals surface area contributed by atoms with Crippen LogP contribution in [0, 0.1) is 0 Å². The highest BCUT2D eigenvalue weighted by molar-refractivity contribution is 9.10. The molecule has 0 aliphatic rings. The van der Waals surface area contributed by atoms with Crippen LogP contribution in [0.2, 0.25) is 0 Å². The number of nitrogens with one attached hydrogen (secondary N) is 1. The van der Waals surface area contributed by atoms with E-state index in [1.165, 1.54) is 6.21 Å². The Morgan fingerprint density at radius 2 is 1.55 bits per heavy atom. The number of nitrogens with zero attached hydrogens (tertiary/aromatic N) is 1. The average Bonchev–Trinajstić information content (AvgIpc) is 2.75. The molecule has 0 radical (unpaired) electrons. The minimum atomic E-state index is -0.426. The Hall–Kier alpha value is -3.45. The summed E-state index contributed by atoms with van der Waals surface area (Å²) in [4.78, 5) is 23.8. The molecule has 0 fully saturated rings. The number of carbonyl (C=O) groups excluding carboxylic acids is 2. The first-order chi connectivity index (χ1) is 14.1. The molecule has 0 bridgehead atoms. The number of hydrazone groups is 1. The lowest BCUT2D eigenvalue weighted by atomic mass is 10.2. The predicted molar refractivity (Wildman–Crippen MR) is 113 cm³/mol. The molecular formula is C22H17BrN2O4. The first-order valence-corrected chi connectivity index (χ1v) is 9.47. The Morgan fingerprint density at radius 3 is 2.24 bits per heavy atom. The van der Waals surface area contributed by atoms with Gasteiger partial charge in [0.05, 0.1) is 11.8 Å². The molecular weight excluding hydrogens is 436 g/mol. The Labute approximate surface area is 176 Å². The Balaban J connectivity index is 1.45. The number of hydrogen-bond acceptors (Lipinski definition) is 5. The average molecular weight is 453 g/mol. The van der Waals surface area contributed by atoms with Gasteiger partial charge in [0.1, 0.15) is 11.5 Å². The number of esters is 1. The van der Waals surface area contributed by atoms with Crippen molar-refractivity contribution in [3.8, 4) is 11.5 Å². The fraction of sp³-hybridized carbons (Fsp3) is 0.0455. The normalized spacial score (nSPS) is 10.5. The zero-order chi connectivity index (χ0) is 20.5. The lowest BCUT2D eigenvalue weighted by molar-refractivity contribution is -0.123. The molecule has 1 amide bonds. The third kappa shape index (κ3) is 6.58. The molecule has 0 aliphatic heterocycles. The molecule has 0 unspecified atom stereocenters. The fourth-order valence-electron chi connectivity index (χ4n) is 2.25. The van der Waals surface area contributed by atoms with Crippen molar-refractivity contribution in [2.24, 2.45) is 5.10 Å². The van der Waals surface area contributed by atoms with Crippen LogP contribution in [0.25, 0.3) is 0 Å². The van der Waals surface area contributed by atoms with Gasteiger partial charge in [-0.1, -0.05) is 34.1 Å². The fourth-order valence-corrected chi connectivity index (χ4v) is 2.52. The minimum Gasteiger partial charge on any atom is -0.484 e. The molecule has 6 nitrogen and oxygen atoms in total. The van der Waals surface area contributed by atoms with Gasteiger partial charge >= 0.3 is 5.97 Å². The smallest absolute Gasteiger partial charge is 0.343 e. The van der Waals surface area contributed by atoms with Crippen molar-refractivity contribution < 1.29 is 19.1 Å². The van der Waals surface area contributed by atoms with Crippen LogP contribution in [0.4, 0.5) is 0 Å². The zero-order valence-corrected chi connectivity index (χ0v) is 16.8. The monoisotopic (exact) mass is 452 g/mol. The number of benzene rings is 3. The minimum absolute atomic E-state index is 0.145. The number of carbonyl (C=O) groups is 2. The van der Waals surface area contributed by atoms with Gasteiger partial charge < -0.3 is 9.47 Å². The van der Waals surface area contributed by atoms with Gasteiger partial charge in [0.15, 0.2) is 6.61 Å². The van der Waals surface area contributed by atoms with Crippen molar-refractivity contribution in [3.05, 3.63) is 94.5 Å². The summed E-state index contributed by atoms with van der Waals surface area (Å²) in [6, 6.07) is 22.7. The van der Waals surface area contributed by atoms with Crippen LogP contribution >= 0.6 is 15.9 Å². The van der Waals surface area contributed by atoms with Gasteiger partial charge in [0.25, 0.3) is 5.91 Å². The Morgan fingerprint density at radius 1 is 0.897 bits per heavy atom. The summed E-state index contributed by atoms with van der Waals surface area (Å²) in [6.45, 7) is -0.145. The van der Waals surface area contributed by atoms with Crippen LogP contribution < -0.4 is 14.9 Å². The topological polar surface area (TPSA) is 77.0 Å². The predicted octanol–water partition coefficient (Wildman–Crippen LogP) is 4.20. The van der Waals surface area contributed by atoms with Crippen LogP contribution in [0.3, 0.4) is 0 Å². The van der Waals surface area contributed by atoms with E-state index in [-0.39, 0.29) is 12.5 Å². The summed E-state index contributed by atoms with van der Waals surface area (Å²) < 4.78 is 11.6. The third-order valence-corrected chi connectivity index (χ3v) is 4.22. The molecule has 3 rings (SSSR count). The van der Waals surface area contributed by atoms with Gasteiger partial charge in [-0.05, 0) is 66.2 Å². The molecule has 0 atom stereocenters. The molecule has 0 heterocycles. The molecule has 146 valence electrons. The van der Waals surface area contributed by atoms with Crippen molar-refractivity contribution in [3.63, 3.8) is 0 Å². The summed E-state index contributed by atoms with van der Waals surface area (Å²) >= 11 is 3.33. The highest BCUT2D eigenvalue weighted by Gasteiger charge is 2.07. The molecule has 1 N–H and O–H groups in total. The van der Waals surface area contributed by atoms with E-state index in [4.69, 9.17) is 9.47 Å². The maximum atomic E-state index is 12.0. The zero-order valence-electron chi connectivity index (χ0n) is 15.2. The van der Waals surface area contributed by atoms with Crippen molar-refractivity contribution in [1.29, 1.82) is 0 Å². The number of rotatable bonds is 7. The van der Waals surface area contributed by atoms with Crippen LogP contribution in [0.15, 0.2) is 88.4 Å². The van der Waals surface area contributed by atoms with Gasteiger partial charge in [0, 0.05) is 4.47 Å². The van der Waals surface area contributed by atoms with Crippen molar-refractivity contribution >= 4 is 34.0 Å². The first-order valence-electron chi connectivity index (χ1n) is 8.68. The van der Waals surface area contributed by atoms with Gasteiger partial charge in [-0.2, -0.15) is 5.10 Å². The summed E-state index contributed by atoms with van der Waals surface area (Å²) in [7, 11) is 0. The molecule has 3 aromatic rings. The molecule has 0 spiro atoms. The highest BCUT2D eigenvalue weighted by Crippen LogP contribution is 2.16. The van der Waals surface area contributed by atoms with E-state index in [1.54, 1.807) is 60.7 Å². The standard InChI is InChI=1S/C22H17BrN2O4/c23-18-8-12-19(13-9-18)28-15-21(26)25-24-14-16-6-10-20(11-7-16)29-22(27)17-4-2-1-3-5-17/h1-14H,15H2,(H,25,26)/b24-14-. The van der Waals surface area contributed by atoms with Gasteiger partial charge in [-0.25, -0.2) is 10.2 Å². The van der Waals surface area contributed by atoms with E-state index in [0.29, 0.717) is 17.1 Å². The van der Waals surface area contributed by atoms with Gasteiger partial charge in [-0.3, -0.25) is 4.79 Å². The molecule has 0 saturated heterocycles. The Bertz CT molecular complexity index is 988. The number of ether oxygens (including phenoxy) is 2. The van der Waals surface area contributed by atoms with Crippen LogP contribution in [-0.4, -0.2) is 24.7 Å². The second kappa shape index (κ2) is 10.2. The summed E-state index contributed by atoms with van der Waals surface area (Å²) in [6.07, 6.45) is 1.49. The van der Waals surface area contributed by atoms with E-state index in [9.17, 15) is 9.59 Å². The molecule has 0 aromatic heterocycles. The SMILES string of the molecule is O=C(COc1ccc(Br)cc1)N/N=C\c1ccc(OC(=O)c2ccccc2)cc1. The molecule has 3 aromatic carbocycles.